The van der Waals surface area contributed by atoms with Crippen molar-refractivity contribution in [2.45, 2.75) is 52.2 Å². The Morgan fingerprint density at radius 2 is 2.10 bits per heavy atom. The quantitative estimate of drug-likeness (QED) is 0.862. The minimum atomic E-state index is -0.385. The summed E-state index contributed by atoms with van der Waals surface area (Å²) in [5.41, 5.74) is 0. The summed E-state index contributed by atoms with van der Waals surface area (Å²) in [5, 5.41) is 2.88. The van der Waals surface area contributed by atoms with Crippen molar-refractivity contribution in [1.82, 2.24) is 10.2 Å². The molecule has 1 fully saturated rings. The fraction of sp³-hybridized carbons (Fsp3) is 0.600. The fourth-order valence-corrected chi connectivity index (χ4v) is 4.14. The molecule has 0 aliphatic carbocycles. The van der Waals surface area contributed by atoms with Crippen LogP contribution in [0.3, 0.4) is 0 Å². The Morgan fingerprint density at radius 3 is 2.62 bits per heavy atom. The third-order valence-electron chi connectivity index (χ3n) is 3.63. The molecule has 0 radical (unpaired) electrons. The summed E-state index contributed by atoms with van der Waals surface area (Å²) >= 11 is 5.04. The maximum Gasteiger partial charge on any atom is 0.246 e. The first kappa shape index (κ1) is 16.5. The van der Waals surface area contributed by atoms with Gasteiger partial charge < -0.3 is 10.2 Å². The van der Waals surface area contributed by atoms with E-state index in [2.05, 4.69) is 35.1 Å². The molecule has 4 nitrogen and oxygen atoms in total. The summed E-state index contributed by atoms with van der Waals surface area (Å²) in [5.74, 6) is 0.383. The Labute approximate surface area is 138 Å². The molecule has 1 aliphatic heterocycles. The van der Waals surface area contributed by atoms with Crippen molar-refractivity contribution in [1.29, 1.82) is 0 Å². The SMILES string of the molecule is CCC1C(=O)NC(CC(C)C)C(=O)N1Cc1ccc(Br)s1. The van der Waals surface area contributed by atoms with E-state index in [1.54, 1.807) is 16.2 Å². The summed E-state index contributed by atoms with van der Waals surface area (Å²) < 4.78 is 1.04. The van der Waals surface area contributed by atoms with Crippen LogP contribution in [0.1, 0.15) is 38.5 Å². The van der Waals surface area contributed by atoms with Gasteiger partial charge in [-0.1, -0.05) is 20.8 Å². The number of hydrogen-bond donors (Lipinski definition) is 1. The Hall–Kier alpha value is -0.880. The van der Waals surface area contributed by atoms with E-state index >= 15 is 0 Å². The van der Waals surface area contributed by atoms with Crippen LogP contribution in [0, 0.1) is 5.92 Å². The van der Waals surface area contributed by atoms with Gasteiger partial charge in [-0.3, -0.25) is 9.59 Å². The average molecular weight is 373 g/mol. The monoisotopic (exact) mass is 372 g/mol. The highest BCUT2D eigenvalue weighted by Gasteiger charge is 2.39. The second kappa shape index (κ2) is 6.92. The van der Waals surface area contributed by atoms with Crippen molar-refractivity contribution in [2.24, 2.45) is 5.92 Å². The first-order chi connectivity index (χ1) is 9.92. The third-order valence-corrected chi connectivity index (χ3v) is 5.23. The number of carbonyl (C=O) groups excluding carboxylic acids is 2. The number of halogens is 1. The summed E-state index contributed by atoms with van der Waals surface area (Å²) in [6.45, 7) is 6.57. The number of amides is 2. The highest BCUT2D eigenvalue weighted by Crippen LogP contribution is 2.26. The molecule has 116 valence electrons. The van der Waals surface area contributed by atoms with Crippen LogP contribution in [0.15, 0.2) is 15.9 Å². The van der Waals surface area contributed by atoms with Crippen LogP contribution >= 0.6 is 27.3 Å². The molecule has 1 N–H and O–H groups in total. The molecule has 1 aromatic rings. The highest BCUT2D eigenvalue weighted by atomic mass is 79.9. The molecule has 2 unspecified atom stereocenters. The van der Waals surface area contributed by atoms with Gasteiger partial charge in [-0.15, -0.1) is 11.3 Å². The van der Waals surface area contributed by atoms with E-state index < -0.39 is 0 Å². The molecule has 2 heterocycles. The molecule has 2 atom stereocenters. The lowest BCUT2D eigenvalue weighted by Gasteiger charge is -2.39. The van der Waals surface area contributed by atoms with Crippen molar-refractivity contribution in [3.05, 3.63) is 20.8 Å². The summed E-state index contributed by atoms with van der Waals surface area (Å²) in [7, 11) is 0. The maximum absolute atomic E-state index is 12.7. The Morgan fingerprint density at radius 1 is 1.38 bits per heavy atom. The predicted octanol–water partition coefficient (Wildman–Crippen LogP) is 3.16. The zero-order chi connectivity index (χ0) is 15.6. The summed E-state index contributed by atoms with van der Waals surface area (Å²) in [4.78, 5) is 27.8. The average Bonchev–Trinajstić information content (AvgIpc) is 2.80. The lowest BCUT2D eigenvalue weighted by Crippen LogP contribution is -2.62. The van der Waals surface area contributed by atoms with Gasteiger partial charge in [-0.2, -0.15) is 0 Å². The zero-order valence-corrected chi connectivity index (χ0v) is 15.0. The van der Waals surface area contributed by atoms with Gasteiger partial charge in [0.15, 0.2) is 0 Å². The van der Waals surface area contributed by atoms with Crippen molar-refractivity contribution < 1.29 is 9.59 Å². The van der Waals surface area contributed by atoms with Crippen LogP contribution in [-0.2, 0) is 16.1 Å². The third kappa shape index (κ3) is 3.86. The van der Waals surface area contributed by atoms with E-state index in [0.717, 1.165) is 8.66 Å². The molecule has 1 saturated heterocycles. The molecule has 2 rings (SSSR count). The minimum Gasteiger partial charge on any atom is -0.342 e. The lowest BCUT2D eigenvalue weighted by atomic mass is 9.97. The molecular formula is C15H21BrN2O2S. The molecular weight excluding hydrogens is 352 g/mol. The van der Waals surface area contributed by atoms with E-state index in [0.29, 0.717) is 25.3 Å². The summed E-state index contributed by atoms with van der Waals surface area (Å²) in [6, 6.07) is 3.23. The number of carbonyl (C=O) groups is 2. The maximum atomic E-state index is 12.7. The van der Waals surface area contributed by atoms with Crippen molar-refractivity contribution >= 4 is 39.1 Å². The second-order valence-corrected chi connectivity index (χ2v) is 8.33. The smallest absolute Gasteiger partial charge is 0.246 e. The van der Waals surface area contributed by atoms with E-state index in [1.165, 1.54) is 0 Å². The number of piperazine rings is 1. The van der Waals surface area contributed by atoms with Crippen LogP contribution in [0.4, 0.5) is 0 Å². The van der Waals surface area contributed by atoms with E-state index in [-0.39, 0.29) is 23.9 Å². The number of nitrogens with one attached hydrogen (secondary N) is 1. The fourth-order valence-electron chi connectivity index (χ4n) is 2.65. The Kier molecular flexibility index (Phi) is 5.43. The van der Waals surface area contributed by atoms with Gasteiger partial charge in [0.05, 0.1) is 10.3 Å². The van der Waals surface area contributed by atoms with Gasteiger partial charge in [0.2, 0.25) is 11.8 Å². The topological polar surface area (TPSA) is 49.4 Å². The number of hydrogen-bond acceptors (Lipinski definition) is 3. The Balaban J connectivity index is 2.19. The zero-order valence-electron chi connectivity index (χ0n) is 12.6. The van der Waals surface area contributed by atoms with Gasteiger partial charge >= 0.3 is 0 Å². The molecule has 0 saturated carbocycles. The number of rotatable bonds is 5. The molecule has 1 aliphatic rings. The van der Waals surface area contributed by atoms with Gasteiger partial charge in [0.25, 0.3) is 0 Å². The van der Waals surface area contributed by atoms with Gasteiger partial charge in [0.1, 0.15) is 12.1 Å². The minimum absolute atomic E-state index is 0.0293. The lowest BCUT2D eigenvalue weighted by molar-refractivity contribution is -0.150. The predicted molar refractivity (Wildman–Crippen MR) is 88.0 cm³/mol. The molecule has 2 amide bonds. The van der Waals surface area contributed by atoms with Crippen LogP contribution in [0.2, 0.25) is 0 Å². The number of nitrogens with zero attached hydrogens (tertiary/aromatic N) is 1. The van der Waals surface area contributed by atoms with Gasteiger partial charge in [0, 0.05) is 4.88 Å². The summed E-state index contributed by atoms with van der Waals surface area (Å²) in [6.07, 6.45) is 1.32. The molecule has 0 bridgehead atoms. The largest absolute Gasteiger partial charge is 0.342 e. The standard InChI is InChI=1S/C15H21BrN2O2S/c1-4-12-14(19)17-11(7-9(2)3)15(20)18(12)8-10-5-6-13(16)21-10/h5-6,9,11-12H,4,7-8H2,1-3H3,(H,17,19). The van der Waals surface area contributed by atoms with E-state index in [4.69, 9.17) is 0 Å². The first-order valence-electron chi connectivity index (χ1n) is 7.27. The van der Waals surface area contributed by atoms with Crippen molar-refractivity contribution in [2.75, 3.05) is 0 Å². The van der Waals surface area contributed by atoms with Gasteiger partial charge in [-0.05, 0) is 46.8 Å². The second-order valence-electron chi connectivity index (χ2n) is 5.79. The molecule has 6 heteroatoms. The van der Waals surface area contributed by atoms with E-state index in [9.17, 15) is 9.59 Å². The number of thiophene rings is 1. The van der Waals surface area contributed by atoms with Gasteiger partial charge in [-0.25, -0.2) is 0 Å². The Bertz CT molecular complexity index is 529. The van der Waals surface area contributed by atoms with Crippen LogP contribution in [0.25, 0.3) is 0 Å². The van der Waals surface area contributed by atoms with Crippen molar-refractivity contribution in [3.63, 3.8) is 0 Å². The van der Waals surface area contributed by atoms with E-state index in [1.807, 2.05) is 19.1 Å². The first-order valence-corrected chi connectivity index (χ1v) is 8.88. The van der Waals surface area contributed by atoms with Crippen LogP contribution in [-0.4, -0.2) is 28.8 Å². The van der Waals surface area contributed by atoms with Crippen LogP contribution < -0.4 is 5.32 Å². The molecule has 0 spiro atoms. The molecule has 21 heavy (non-hydrogen) atoms. The molecule has 1 aromatic heterocycles. The molecule has 0 aromatic carbocycles. The highest BCUT2D eigenvalue weighted by molar-refractivity contribution is 9.11. The normalized spacial score (nSPS) is 22.8. The van der Waals surface area contributed by atoms with Crippen LogP contribution in [0.5, 0.6) is 0 Å². The van der Waals surface area contributed by atoms with Crippen molar-refractivity contribution in [3.8, 4) is 0 Å².